The van der Waals surface area contributed by atoms with Gasteiger partial charge >= 0.3 is 5.97 Å². The van der Waals surface area contributed by atoms with E-state index in [0.717, 1.165) is 19.3 Å². The van der Waals surface area contributed by atoms with Gasteiger partial charge in [-0.2, -0.15) is 0 Å². The van der Waals surface area contributed by atoms with Crippen LogP contribution in [0.25, 0.3) is 5.65 Å². The number of rotatable bonds is 17. The van der Waals surface area contributed by atoms with E-state index < -0.39 is 0 Å². The van der Waals surface area contributed by atoms with Crippen molar-refractivity contribution in [2.45, 2.75) is 110 Å². The maximum atomic E-state index is 12.7. The van der Waals surface area contributed by atoms with Crippen LogP contribution in [0.3, 0.4) is 0 Å². The van der Waals surface area contributed by atoms with Gasteiger partial charge in [-0.25, -0.2) is 4.98 Å². The number of fused-ring (bicyclic) bond motifs is 1. The Morgan fingerprint density at radius 1 is 0.970 bits per heavy atom. The van der Waals surface area contributed by atoms with E-state index >= 15 is 0 Å². The van der Waals surface area contributed by atoms with Crippen LogP contribution in [-0.2, 0) is 11.2 Å². The van der Waals surface area contributed by atoms with Crippen LogP contribution < -0.4 is 10.3 Å². The molecule has 0 bridgehead atoms. The lowest BCUT2D eigenvalue weighted by Gasteiger charge is -2.11. The molecule has 0 aliphatic carbocycles. The Kier molecular flexibility index (Phi) is 13.2. The van der Waals surface area contributed by atoms with E-state index in [-0.39, 0.29) is 11.5 Å². The van der Waals surface area contributed by atoms with Gasteiger partial charge in [0.15, 0.2) is 11.4 Å². The van der Waals surface area contributed by atoms with E-state index in [4.69, 9.17) is 16.3 Å². The molecule has 0 amide bonds. The maximum absolute atomic E-state index is 12.7. The summed E-state index contributed by atoms with van der Waals surface area (Å²) in [5.41, 5.74) is 1.43. The van der Waals surface area contributed by atoms with Crippen molar-refractivity contribution in [1.82, 2.24) is 9.38 Å². The summed E-state index contributed by atoms with van der Waals surface area (Å²) in [5.74, 6) is 0.412. The number of carbonyl (C=O) groups is 1. The average Bonchev–Trinajstić information content (AvgIpc) is 2.80. The van der Waals surface area contributed by atoms with E-state index in [1.54, 1.807) is 25.3 Å². The minimum absolute atomic E-state index is 0.160. The molecule has 0 unspecified atom stereocenters. The summed E-state index contributed by atoms with van der Waals surface area (Å²) in [7, 11) is 0. The van der Waals surface area contributed by atoms with Crippen LogP contribution >= 0.6 is 11.6 Å². The van der Waals surface area contributed by atoms with E-state index in [0.29, 0.717) is 41.4 Å². The molecule has 2 heterocycles. The van der Waals surface area contributed by atoms with Crippen molar-refractivity contribution < 1.29 is 9.53 Å². The molecule has 0 atom stereocenters. The van der Waals surface area contributed by atoms with Crippen LogP contribution in [-0.4, -0.2) is 21.2 Å². The summed E-state index contributed by atoms with van der Waals surface area (Å²) in [4.78, 5) is 29.6. The number of unbranched alkanes of at least 4 members (excludes halogenated alkanes) is 12. The molecule has 2 rings (SSSR count). The minimum Gasteiger partial charge on any atom is -0.423 e. The number of halogens is 1. The topological polar surface area (TPSA) is 60.7 Å². The Morgan fingerprint density at radius 2 is 1.55 bits per heavy atom. The first-order chi connectivity index (χ1) is 16.1. The molecule has 0 aliphatic rings. The van der Waals surface area contributed by atoms with Crippen LogP contribution in [0.5, 0.6) is 5.75 Å². The highest BCUT2D eigenvalue weighted by molar-refractivity contribution is 6.18. The Hall–Kier alpha value is -1.88. The first-order valence-electron chi connectivity index (χ1n) is 12.9. The fraction of sp³-hybridized carbons (Fsp3) is 0.667. The standard InChI is InChI=1S/C27H41ClN2O3/c1-3-4-5-6-7-8-9-10-11-12-13-14-15-18-25(31)33-24-17-16-21-30-26(24)29-22(2)23(19-20-28)27(30)32/h16-17,21H,3-15,18-20H2,1-2H3. The number of hydrogen-bond acceptors (Lipinski definition) is 4. The van der Waals surface area contributed by atoms with E-state index in [1.165, 1.54) is 68.6 Å². The molecule has 0 saturated heterocycles. The molecule has 0 saturated carbocycles. The number of nitrogens with zero attached hydrogens (tertiary/aromatic N) is 2. The number of ether oxygens (including phenoxy) is 1. The van der Waals surface area contributed by atoms with Gasteiger partial charge in [-0.3, -0.25) is 14.0 Å². The van der Waals surface area contributed by atoms with Crippen LogP contribution in [0, 0.1) is 6.92 Å². The molecule has 0 aliphatic heterocycles. The predicted octanol–water partition coefficient (Wildman–Crippen LogP) is 7.17. The zero-order valence-corrected chi connectivity index (χ0v) is 21.3. The third-order valence-electron chi connectivity index (χ3n) is 6.17. The quantitative estimate of drug-likeness (QED) is 0.138. The van der Waals surface area contributed by atoms with Gasteiger partial charge in [-0.15, -0.1) is 11.6 Å². The number of carbonyl (C=O) groups excluding carboxylic acids is 1. The van der Waals surface area contributed by atoms with Crippen LogP contribution in [0.1, 0.15) is 108 Å². The van der Waals surface area contributed by atoms with Crippen molar-refractivity contribution in [3.05, 3.63) is 39.9 Å². The van der Waals surface area contributed by atoms with Gasteiger partial charge in [0, 0.05) is 29.8 Å². The number of pyridine rings is 1. The number of aromatic nitrogens is 2. The van der Waals surface area contributed by atoms with Gasteiger partial charge in [-0.1, -0.05) is 84.0 Å². The second kappa shape index (κ2) is 15.9. The van der Waals surface area contributed by atoms with E-state index in [2.05, 4.69) is 11.9 Å². The zero-order valence-electron chi connectivity index (χ0n) is 20.5. The third-order valence-corrected chi connectivity index (χ3v) is 6.36. The van der Waals surface area contributed by atoms with Gasteiger partial charge < -0.3 is 4.74 Å². The smallest absolute Gasteiger partial charge is 0.311 e. The molecule has 2 aromatic heterocycles. The lowest BCUT2D eigenvalue weighted by molar-refractivity contribution is -0.134. The van der Waals surface area contributed by atoms with E-state index in [9.17, 15) is 9.59 Å². The van der Waals surface area contributed by atoms with Crippen molar-refractivity contribution >= 4 is 23.2 Å². The van der Waals surface area contributed by atoms with Crippen molar-refractivity contribution in [1.29, 1.82) is 0 Å². The minimum atomic E-state index is -0.275. The highest BCUT2D eigenvalue weighted by atomic mass is 35.5. The first-order valence-corrected chi connectivity index (χ1v) is 13.4. The second-order valence-corrected chi connectivity index (χ2v) is 9.33. The highest BCUT2D eigenvalue weighted by Crippen LogP contribution is 2.19. The van der Waals surface area contributed by atoms with Crippen molar-refractivity contribution in [3.63, 3.8) is 0 Å². The molecule has 0 radical (unpaired) electrons. The lowest BCUT2D eigenvalue weighted by Crippen LogP contribution is -2.22. The molecule has 0 N–H and O–H groups in total. The molecule has 33 heavy (non-hydrogen) atoms. The highest BCUT2D eigenvalue weighted by Gasteiger charge is 2.14. The van der Waals surface area contributed by atoms with E-state index in [1.807, 2.05) is 0 Å². The van der Waals surface area contributed by atoms with Gasteiger partial charge in [0.05, 0.1) is 0 Å². The fourth-order valence-corrected chi connectivity index (χ4v) is 4.39. The molecule has 5 nitrogen and oxygen atoms in total. The Labute approximate surface area is 203 Å². The molecule has 0 fully saturated rings. The Balaban J connectivity index is 1.66. The molecule has 6 heteroatoms. The van der Waals surface area contributed by atoms with Crippen molar-refractivity contribution in [2.24, 2.45) is 0 Å². The number of esters is 1. The predicted molar refractivity (Wildman–Crippen MR) is 137 cm³/mol. The third kappa shape index (κ3) is 9.48. The second-order valence-electron chi connectivity index (χ2n) is 8.95. The molecular weight excluding hydrogens is 436 g/mol. The molecule has 0 aromatic carbocycles. The lowest BCUT2D eigenvalue weighted by atomic mass is 10.0. The van der Waals surface area contributed by atoms with Gasteiger partial charge in [0.2, 0.25) is 0 Å². The fourth-order valence-electron chi connectivity index (χ4n) is 4.20. The summed E-state index contributed by atoms with van der Waals surface area (Å²) in [6, 6.07) is 3.38. The Morgan fingerprint density at radius 3 is 2.12 bits per heavy atom. The summed E-state index contributed by atoms with van der Waals surface area (Å²) >= 11 is 5.81. The number of hydrogen-bond donors (Lipinski definition) is 0. The first kappa shape index (κ1) is 27.4. The van der Waals surface area contributed by atoms with Gasteiger partial charge in [0.1, 0.15) is 0 Å². The summed E-state index contributed by atoms with van der Waals surface area (Å²) in [5, 5.41) is 0. The molecule has 184 valence electrons. The maximum Gasteiger partial charge on any atom is 0.311 e. The van der Waals surface area contributed by atoms with Gasteiger partial charge in [0.25, 0.3) is 5.56 Å². The number of aryl methyl sites for hydroxylation is 1. The largest absolute Gasteiger partial charge is 0.423 e. The molecule has 0 spiro atoms. The number of alkyl halides is 1. The zero-order chi connectivity index (χ0) is 23.9. The normalized spacial score (nSPS) is 11.2. The average molecular weight is 477 g/mol. The SMILES string of the molecule is CCCCCCCCCCCCCCCC(=O)Oc1cccn2c(=O)c(CCCl)c(C)nc12. The Bertz CT molecular complexity index is 910. The summed E-state index contributed by atoms with van der Waals surface area (Å²) < 4.78 is 6.99. The van der Waals surface area contributed by atoms with Crippen LogP contribution in [0.2, 0.25) is 0 Å². The molecular formula is C27H41ClN2O3. The monoisotopic (exact) mass is 476 g/mol. The summed E-state index contributed by atoms with van der Waals surface area (Å²) in [6.45, 7) is 4.05. The van der Waals surface area contributed by atoms with Crippen LogP contribution in [0.4, 0.5) is 0 Å². The van der Waals surface area contributed by atoms with Crippen molar-refractivity contribution in [2.75, 3.05) is 5.88 Å². The summed E-state index contributed by atoms with van der Waals surface area (Å²) in [6.07, 6.45) is 19.0. The van der Waals surface area contributed by atoms with Crippen molar-refractivity contribution in [3.8, 4) is 5.75 Å². The van der Waals surface area contributed by atoms with Crippen LogP contribution in [0.15, 0.2) is 23.1 Å². The van der Waals surface area contributed by atoms with Gasteiger partial charge in [-0.05, 0) is 31.9 Å². The molecule has 2 aromatic rings.